The predicted octanol–water partition coefficient (Wildman–Crippen LogP) is 1.94. The zero-order valence-corrected chi connectivity index (χ0v) is 12.3. The molecule has 0 aromatic carbocycles. The highest BCUT2D eigenvalue weighted by Crippen LogP contribution is 2.34. The molecular formula is C12H17NO4S2. The van der Waals surface area contributed by atoms with Gasteiger partial charge in [-0.05, 0) is 31.4 Å². The van der Waals surface area contributed by atoms with Gasteiger partial charge in [-0.15, -0.1) is 11.3 Å². The highest BCUT2D eigenvalue weighted by Gasteiger charge is 2.38. The fourth-order valence-electron chi connectivity index (χ4n) is 1.94. The molecule has 0 amide bonds. The highest BCUT2D eigenvalue weighted by atomic mass is 32.2. The largest absolute Gasteiger partial charge is 0.481 e. The van der Waals surface area contributed by atoms with Crippen LogP contribution < -0.4 is 0 Å². The molecule has 2 rings (SSSR count). The van der Waals surface area contributed by atoms with E-state index in [1.165, 1.54) is 6.07 Å². The van der Waals surface area contributed by atoms with Crippen molar-refractivity contribution in [1.82, 2.24) is 4.31 Å². The van der Waals surface area contributed by atoms with E-state index in [0.29, 0.717) is 11.4 Å². The van der Waals surface area contributed by atoms with Crippen LogP contribution in [0.5, 0.6) is 0 Å². The molecule has 1 aromatic heterocycles. The Morgan fingerprint density at radius 2 is 2.16 bits per heavy atom. The molecule has 1 aliphatic rings. The summed E-state index contributed by atoms with van der Waals surface area (Å²) in [5, 5.41) is 8.72. The molecule has 0 aliphatic heterocycles. The lowest BCUT2D eigenvalue weighted by atomic mass is 10.3. The molecule has 0 saturated heterocycles. The molecule has 0 spiro atoms. The van der Waals surface area contributed by atoms with E-state index in [-0.39, 0.29) is 16.7 Å². The van der Waals surface area contributed by atoms with Crippen molar-refractivity contribution in [3.8, 4) is 0 Å². The van der Waals surface area contributed by atoms with E-state index in [2.05, 4.69) is 0 Å². The number of aliphatic carboxylic acids is 1. The third-order valence-electron chi connectivity index (χ3n) is 2.92. The number of carbonyl (C=O) groups is 1. The summed E-state index contributed by atoms with van der Waals surface area (Å²) in [5.41, 5.74) is 0. The molecule has 7 heteroatoms. The summed E-state index contributed by atoms with van der Waals surface area (Å²) in [6, 6.07) is 3.24. The van der Waals surface area contributed by atoms with Crippen LogP contribution in [0.2, 0.25) is 0 Å². The maximum Gasteiger partial charge on any atom is 0.308 e. The first-order chi connectivity index (χ1) is 8.95. The van der Waals surface area contributed by atoms with Gasteiger partial charge in [0.2, 0.25) is 0 Å². The van der Waals surface area contributed by atoms with Gasteiger partial charge in [0.25, 0.3) is 10.0 Å². The summed E-state index contributed by atoms with van der Waals surface area (Å²) in [6.45, 7) is 2.48. The van der Waals surface area contributed by atoms with Crippen molar-refractivity contribution in [2.75, 3.05) is 6.54 Å². The number of nitrogens with zero attached hydrogens (tertiary/aromatic N) is 1. The molecule has 5 nitrogen and oxygen atoms in total. The van der Waals surface area contributed by atoms with Gasteiger partial charge in [-0.25, -0.2) is 8.42 Å². The van der Waals surface area contributed by atoms with Gasteiger partial charge in [-0.1, -0.05) is 6.92 Å². The third kappa shape index (κ3) is 3.34. The van der Waals surface area contributed by atoms with Crippen molar-refractivity contribution in [3.05, 3.63) is 17.0 Å². The predicted molar refractivity (Wildman–Crippen MR) is 72.9 cm³/mol. The Kier molecular flexibility index (Phi) is 4.27. The molecule has 1 aromatic rings. The first-order valence-corrected chi connectivity index (χ1v) is 8.53. The SMILES string of the molecule is CCCN(C1CC1)S(=O)(=O)c1ccc(CC(=O)O)s1. The number of carboxylic acid groups (broad SMARTS) is 1. The summed E-state index contributed by atoms with van der Waals surface area (Å²) >= 11 is 1.06. The Morgan fingerprint density at radius 1 is 1.47 bits per heavy atom. The first-order valence-electron chi connectivity index (χ1n) is 6.27. The summed E-state index contributed by atoms with van der Waals surface area (Å²) in [7, 11) is -3.46. The van der Waals surface area contributed by atoms with Crippen molar-refractivity contribution < 1.29 is 18.3 Å². The number of thiophene rings is 1. The summed E-state index contributed by atoms with van der Waals surface area (Å²) in [4.78, 5) is 11.2. The minimum atomic E-state index is -3.46. The van der Waals surface area contributed by atoms with Crippen molar-refractivity contribution >= 4 is 27.3 Å². The molecule has 106 valence electrons. The summed E-state index contributed by atoms with van der Waals surface area (Å²) in [6.07, 6.45) is 2.50. The molecule has 0 atom stereocenters. The normalized spacial score (nSPS) is 15.9. The van der Waals surface area contributed by atoms with Crippen LogP contribution in [0.15, 0.2) is 16.3 Å². The molecule has 0 bridgehead atoms. The molecule has 1 fully saturated rings. The van der Waals surface area contributed by atoms with E-state index in [1.807, 2.05) is 6.92 Å². The zero-order chi connectivity index (χ0) is 14.0. The second-order valence-corrected chi connectivity index (χ2v) is 7.92. The van der Waals surface area contributed by atoms with Crippen LogP contribution in [-0.4, -0.2) is 36.4 Å². The highest BCUT2D eigenvalue weighted by molar-refractivity contribution is 7.91. The smallest absolute Gasteiger partial charge is 0.308 e. The van der Waals surface area contributed by atoms with E-state index < -0.39 is 16.0 Å². The van der Waals surface area contributed by atoms with Crippen LogP contribution in [0.25, 0.3) is 0 Å². The first kappa shape index (κ1) is 14.5. The third-order valence-corrected chi connectivity index (χ3v) is 6.43. The lowest BCUT2D eigenvalue weighted by Gasteiger charge is -2.19. The average molecular weight is 303 g/mol. The zero-order valence-electron chi connectivity index (χ0n) is 10.7. The van der Waals surface area contributed by atoms with Crippen LogP contribution in [0.3, 0.4) is 0 Å². The molecule has 0 radical (unpaired) electrons. The van der Waals surface area contributed by atoms with E-state index in [9.17, 15) is 13.2 Å². The van der Waals surface area contributed by atoms with E-state index in [0.717, 1.165) is 30.6 Å². The van der Waals surface area contributed by atoms with Gasteiger partial charge in [0, 0.05) is 17.5 Å². The maximum absolute atomic E-state index is 12.5. The number of rotatable bonds is 7. The Bertz CT molecular complexity index is 560. The van der Waals surface area contributed by atoms with Crippen LogP contribution in [0.4, 0.5) is 0 Å². The Hall–Kier alpha value is -0.920. The van der Waals surface area contributed by atoms with Crippen molar-refractivity contribution in [2.45, 2.75) is 42.9 Å². The Balaban J connectivity index is 2.22. The number of carboxylic acids is 1. The van der Waals surface area contributed by atoms with Crippen molar-refractivity contribution in [3.63, 3.8) is 0 Å². The van der Waals surface area contributed by atoms with Gasteiger partial charge in [0.15, 0.2) is 0 Å². The minimum absolute atomic E-state index is 0.128. The van der Waals surface area contributed by atoms with Gasteiger partial charge in [0.1, 0.15) is 4.21 Å². The molecule has 1 aliphatic carbocycles. The number of hydrogen-bond acceptors (Lipinski definition) is 4. The minimum Gasteiger partial charge on any atom is -0.481 e. The van der Waals surface area contributed by atoms with Gasteiger partial charge in [-0.2, -0.15) is 4.31 Å². The fourth-order valence-corrected chi connectivity index (χ4v) is 5.19. The van der Waals surface area contributed by atoms with Gasteiger partial charge in [-0.3, -0.25) is 4.79 Å². The topological polar surface area (TPSA) is 74.7 Å². The summed E-state index contributed by atoms with van der Waals surface area (Å²) < 4.78 is 26.8. The van der Waals surface area contributed by atoms with Crippen molar-refractivity contribution in [1.29, 1.82) is 0 Å². The second-order valence-electron chi connectivity index (χ2n) is 4.64. The summed E-state index contributed by atoms with van der Waals surface area (Å²) in [5.74, 6) is -0.946. The molecule has 19 heavy (non-hydrogen) atoms. The van der Waals surface area contributed by atoms with E-state index in [1.54, 1.807) is 10.4 Å². The number of hydrogen-bond donors (Lipinski definition) is 1. The maximum atomic E-state index is 12.5. The fraction of sp³-hybridized carbons (Fsp3) is 0.583. The lowest BCUT2D eigenvalue weighted by molar-refractivity contribution is -0.136. The Morgan fingerprint density at radius 3 is 2.68 bits per heavy atom. The molecule has 1 heterocycles. The van der Waals surface area contributed by atoms with Crippen LogP contribution in [0, 0.1) is 0 Å². The van der Waals surface area contributed by atoms with Crippen LogP contribution >= 0.6 is 11.3 Å². The monoisotopic (exact) mass is 303 g/mol. The molecule has 0 unspecified atom stereocenters. The quantitative estimate of drug-likeness (QED) is 0.835. The molecular weight excluding hydrogens is 286 g/mol. The second kappa shape index (κ2) is 5.60. The standard InChI is InChI=1S/C12H17NO4S2/c1-2-7-13(9-3-4-9)19(16,17)12-6-5-10(18-12)8-11(14)15/h5-6,9H,2-4,7-8H2,1H3,(H,14,15). The molecule has 1 saturated carbocycles. The lowest BCUT2D eigenvalue weighted by Crippen LogP contribution is -2.33. The van der Waals surface area contributed by atoms with Crippen LogP contribution in [-0.2, 0) is 21.2 Å². The molecule has 1 N–H and O–H groups in total. The van der Waals surface area contributed by atoms with Gasteiger partial charge >= 0.3 is 5.97 Å². The van der Waals surface area contributed by atoms with Crippen molar-refractivity contribution in [2.24, 2.45) is 0 Å². The van der Waals surface area contributed by atoms with E-state index >= 15 is 0 Å². The Labute approximate surface area is 116 Å². The van der Waals surface area contributed by atoms with Gasteiger partial charge in [0.05, 0.1) is 6.42 Å². The average Bonchev–Trinajstić information content (AvgIpc) is 3.04. The van der Waals surface area contributed by atoms with Crippen LogP contribution in [0.1, 0.15) is 31.1 Å². The van der Waals surface area contributed by atoms with Gasteiger partial charge < -0.3 is 5.11 Å². The van der Waals surface area contributed by atoms with E-state index in [4.69, 9.17) is 5.11 Å². The number of sulfonamides is 1.